The fourth-order valence-corrected chi connectivity index (χ4v) is 1.72. The summed E-state index contributed by atoms with van der Waals surface area (Å²) in [4.78, 5) is 3.92. The van der Waals surface area contributed by atoms with Gasteiger partial charge in [0.25, 0.3) is 0 Å². The molecule has 0 saturated carbocycles. The second-order valence-corrected chi connectivity index (χ2v) is 4.09. The maximum absolute atomic E-state index is 5.73. The summed E-state index contributed by atoms with van der Waals surface area (Å²) in [5.74, 6) is 0. The van der Waals surface area contributed by atoms with Crippen LogP contribution >= 0.6 is 15.9 Å². The van der Waals surface area contributed by atoms with Crippen molar-refractivity contribution in [1.29, 1.82) is 0 Å². The summed E-state index contributed by atoms with van der Waals surface area (Å²) in [6, 6.07) is 8.11. The lowest BCUT2D eigenvalue weighted by molar-refractivity contribution is 0.530. The first kappa shape index (κ1) is 10.3. The molecule has 0 aliphatic rings. The van der Waals surface area contributed by atoms with Crippen molar-refractivity contribution in [2.75, 3.05) is 6.54 Å². The van der Waals surface area contributed by atoms with Crippen LogP contribution in [0, 0.1) is 0 Å². The maximum atomic E-state index is 5.73. The smallest absolute Gasteiger partial charge is 0.137 e. The van der Waals surface area contributed by atoms with Crippen molar-refractivity contribution in [2.45, 2.75) is 6.04 Å². The third-order valence-corrected chi connectivity index (χ3v) is 2.76. The molecule has 15 heavy (non-hydrogen) atoms. The van der Waals surface area contributed by atoms with E-state index in [4.69, 9.17) is 5.73 Å². The van der Waals surface area contributed by atoms with Crippen LogP contribution in [0.4, 0.5) is 0 Å². The predicted octanol–water partition coefficient (Wildman–Crippen LogP) is 1.59. The topological polar surface area (TPSA) is 56.7 Å². The highest BCUT2D eigenvalue weighted by Gasteiger charge is 2.11. The number of rotatable bonds is 3. The van der Waals surface area contributed by atoms with Crippen molar-refractivity contribution in [3.63, 3.8) is 0 Å². The minimum Gasteiger partial charge on any atom is -0.328 e. The van der Waals surface area contributed by atoms with Gasteiger partial charge in [0.15, 0.2) is 0 Å². The van der Waals surface area contributed by atoms with E-state index in [0.717, 1.165) is 10.0 Å². The van der Waals surface area contributed by atoms with E-state index in [2.05, 4.69) is 26.0 Å². The Balaban J connectivity index is 2.31. The molecule has 0 radical (unpaired) electrons. The van der Waals surface area contributed by atoms with Gasteiger partial charge < -0.3 is 5.73 Å². The van der Waals surface area contributed by atoms with Gasteiger partial charge in [0.1, 0.15) is 12.7 Å². The summed E-state index contributed by atoms with van der Waals surface area (Å²) in [7, 11) is 0. The number of halogens is 1. The highest BCUT2D eigenvalue weighted by Crippen LogP contribution is 2.18. The molecule has 1 aromatic carbocycles. The second kappa shape index (κ2) is 4.55. The Morgan fingerprint density at radius 3 is 2.60 bits per heavy atom. The van der Waals surface area contributed by atoms with Crippen LogP contribution < -0.4 is 5.73 Å². The summed E-state index contributed by atoms with van der Waals surface area (Å²) in [6.07, 6.45) is 3.20. The molecule has 5 heteroatoms. The van der Waals surface area contributed by atoms with Crippen molar-refractivity contribution in [3.8, 4) is 0 Å². The van der Waals surface area contributed by atoms with E-state index in [9.17, 15) is 0 Å². The van der Waals surface area contributed by atoms with E-state index in [0.29, 0.717) is 6.54 Å². The molecular weight excluding hydrogens is 256 g/mol. The Morgan fingerprint density at radius 2 is 2.07 bits per heavy atom. The van der Waals surface area contributed by atoms with Gasteiger partial charge >= 0.3 is 0 Å². The number of aromatic nitrogens is 3. The molecule has 1 atom stereocenters. The second-order valence-electron chi connectivity index (χ2n) is 3.18. The van der Waals surface area contributed by atoms with E-state index < -0.39 is 0 Å². The molecule has 1 aromatic heterocycles. The molecular formula is C10H11BrN4. The Morgan fingerprint density at radius 1 is 1.33 bits per heavy atom. The molecule has 78 valence electrons. The van der Waals surface area contributed by atoms with Crippen LogP contribution in [0.1, 0.15) is 11.6 Å². The molecule has 1 unspecified atom stereocenters. The first-order valence-corrected chi connectivity index (χ1v) is 5.40. The number of nitrogens with two attached hydrogens (primary N) is 1. The zero-order chi connectivity index (χ0) is 10.7. The summed E-state index contributed by atoms with van der Waals surface area (Å²) < 4.78 is 2.82. The van der Waals surface area contributed by atoms with Gasteiger partial charge in [-0.05, 0) is 17.7 Å². The summed E-state index contributed by atoms with van der Waals surface area (Å²) in [6.45, 7) is 0.505. The van der Waals surface area contributed by atoms with Gasteiger partial charge in [-0.2, -0.15) is 5.10 Å². The SMILES string of the molecule is NCC(c1ccc(Br)cc1)n1cncn1. The number of hydrogen-bond donors (Lipinski definition) is 1. The van der Waals surface area contributed by atoms with Gasteiger partial charge in [-0.15, -0.1) is 0 Å². The Hall–Kier alpha value is -1.20. The summed E-state index contributed by atoms with van der Waals surface area (Å²) in [5.41, 5.74) is 6.86. The molecule has 0 bridgehead atoms. The van der Waals surface area contributed by atoms with Crippen molar-refractivity contribution in [3.05, 3.63) is 47.0 Å². The number of nitrogens with zero attached hydrogens (tertiary/aromatic N) is 3. The van der Waals surface area contributed by atoms with Crippen LogP contribution in [-0.2, 0) is 0 Å². The molecule has 4 nitrogen and oxygen atoms in total. The number of benzene rings is 1. The molecule has 1 heterocycles. The zero-order valence-corrected chi connectivity index (χ0v) is 9.63. The molecule has 0 saturated heterocycles. The summed E-state index contributed by atoms with van der Waals surface area (Å²) in [5, 5.41) is 4.10. The van der Waals surface area contributed by atoms with Crippen LogP contribution in [0.25, 0.3) is 0 Å². The van der Waals surface area contributed by atoms with Crippen molar-refractivity contribution >= 4 is 15.9 Å². The summed E-state index contributed by atoms with van der Waals surface area (Å²) >= 11 is 3.40. The largest absolute Gasteiger partial charge is 0.328 e. The van der Waals surface area contributed by atoms with E-state index >= 15 is 0 Å². The average molecular weight is 267 g/mol. The van der Waals surface area contributed by atoms with Gasteiger partial charge in [0, 0.05) is 11.0 Å². The Bertz CT molecular complexity index is 409. The standard InChI is InChI=1S/C10H11BrN4/c11-9-3-1-8(2-4-9)10(5-12)15-7-13-6-14-15/h1-4,6-7,10H,5,12H2. The van der Waals surface area contributed by atoms with Gasteiger partial charge in [0.05, 0.1) is 6.04 Å². The van der Waals surface area contributed by atoms with E-state index in [-0.39, 0.29) is 6.04 Å². The van der Waals surface area contributed by atoms with Crippen molar-refractivity contribution in [1.82, 2.24) is 14.8 Å². The molecule has 2 rings (SSSR count). The maximum Gasteiger partial charge on any atom is 0.137 e. The molecule has 0 amide bonds. The predicted molar refractivity (Wildman–Crippen MR) is 61.4 cm³/mol. The molecule has 2 aromatic rings. The van der Waals surface area contributed by atoms with Crippen LogP contribution in [0.3, 0.4) is 0 Å². The van der Waals surface area contributed by atoms with E-state index in [1.54, 1.807) is 11.0 Å². The monoisotopic (exact) mass is 266 g/mol. The van der Waals surface area contributed by atoms with Crippen LogP contribution in [0.5, 0.6) is 0 Å². The lowest BCUT2D eigenvalue weighted by Gasteiger charge is -2.14. The van der Waals surface area contributed by atoms with Gasteiger partial charge in [0.2, 0.25) is 0 Å². The first-order chi connectivity index (χ1) is 7.31. The van der Waals surface area contributed by atoms with Crippen LogP contribution in [0.15, 0.2) is 41.4 Å². The highest BCUT2D eigenvalue weighted by atomic mass is 79.9. The number of hydrogen-bond acceptors (Lipinski definition) is 3. The minimum absolute atomic E-state index is 0.0561. The molecule has 0 fully saturated rings. The lowest BCUT2D eigenvalue weighted by atomic mass is 10.1. The third-order valence-electron chi connectivity index (χ3n) is 2.23. The average Bonchev–Trinajstić information content (AvgIpc) is 2.75. The Kier molecular flexibility index (Phi) is 3.13. The van der Waals surface area contributed by atoms with E-state index in [1.807, 2.05) is 24.3 Å². The zero-order valence-electron chi connectivity index (χ0n) is 8.05. The minimum atomic E-state index is 0.0561. The Labute approximate surface area is 96.3 Å². The fourth-order valence-electron chi connectivity index (χ4n) is 1.46. The van der Waals surface area contributed by atoms with E-state index in [1.165, 1.54) is 6.33 Å². The van der Waals surface area contributed by atoms with Crippen molar-refractivity contribution in [2.24, 2.45) is 5.73 Å². The highest BCUT2D eigenvalue weighted by molar-refractivity contribution is 9.10. The van der Waals surface area contributed by atoms with Crippen LogP contribution in [0.2, 0.25) is 0 Å². The van der Waals surface area contributed by atoms with Crippen molar-refractivity contribution < 1.29 is 0 Å². The quantitative estimate of drug-likeness (QED) is 0.918. The van der Waals surface area contributed by atoms with Gasteiger partial charge in [-0.1, -0.05) is 28.1 Å². The normalized spacial score (nSPS) is 12.7. The lowest BCUT2D eigenvalue weighted by Crippen LogP contribution is -2.20. The third kappa shape index (κ3) is 2.24. The molecule has 2 N–H and O–H groups in total. The van der Waals surface area contributed by atoms with Gasteiger partial charge in [-0.3, -0.25) is 0 Å². The first-order valence-electron chi connectivity index (χ1n) is 4.61. The molecule has 0 spiro atoms. The van der Waals surface area contributed by atoms with Crippen LogP contribution in [-0.4, -0.2) is 21.3 Å². The molecule has 0 aliphatic carbocycles. The fraction of sp³-hybridized carbons (Fsp3) is 0.200. The molecule has 0 aliphatic heterocycles. The van der Waals surface area contributed by atoms with Gasteiger partial charge in [-0.25, -0.2) is 9.67 Å².